The summed E-state index contributed by atoms with van der Waals surface area (Å²) < 4.78 is 11.4. The van der Waals surface area contributed by atoms with E-state index in [1.165, 1.54) is 0 Å². The molecule has 0 aliphatic carbocycles. The first-order chi connectivity index (χ1) is 12.6. The number of aryl methyl sites for hydroxylation is 1. The van der Waals surface area contributed by atoms with Crippen molar-refractivity contribution in [2.75, 3.05) is 18.1 Å². The predicted molar refractivity (Wildman–Crippen MR) is 100 cm³/mol. The Balaban J connectivity index is 1.59. The summed E-state index contributed by atoms with van der Waals surface area (Å²) in [6.45, 7) is 4.93. The van der Waals surface area contributed by atoms with Crippen LogP contribution < -0.4 is 14.4 Å². The van der Waals surface area contributed by atoms with Gasteiger partial charge in [0.1, 0.15) is 17.8 Å². The molecule has 1 amide bonds. The molecular weight excluding hydrogens is 330 g/mol. The number of carbonyl (C=O) groups excluding carboxylic acids is 2. The van der Waals surface area contributed by atoms with E-state index in [1.54, 1.807) is 30.0 Å². The number of benzene rings is 2. The Morgan fingerprint density at radius 3 is 2.77 bits per heavy atom. The van der Waals surface area contributed by atoms with Crippen LogP contribution in [0.3, 0.4) is 0 Å². The first-order valence-corrected chi connectivity index (χ1v) is 8.86. The minimum Gasteiger partial charge on any atom is -0.493 e. The number of ether oxygens (including phenoxy) is 2. The van der Waals surface area contributed by atoms with Gasteiger partial charge in [-0.1, -0.05) is 18.2 Å². The highest BCUT2D eigenvalue weighted by Crippen LogP contribution is 2.34. The Kier molecular flexibility index (Phi) is 5.56. The second kappa shape index (κ2) is 8.04. The summed E-state index contributed by atoms with van der Waals surface area (Å²) in [5.74, 6) is 1.45. The maximum Gasteiger partial charge on any atom is 0.267 e. The van der Waals surface area contributed by atoms with Gasteiger partial charge in [0.05, 0.1) is 12.3 Å². The van der Waals surface area contributed by atoms with Gasteiger partial charge < -0.3 is 14.4 Å². The van der Waals surface area contributed by atoms with Crippen LogP contribution in [0.2, 0.25) is 0 Å². The largest absolute Gasteiger partial charge is 0.493 e. The third-order valence-electron chi connectivity index (χ3n) is 4.45. The van der Waals surface area contributed by atoms with E-state index in [0.717, 1.165) is 30.4 Å². The predicted octanol–water partition coefficient (Wildman–Crippen LogP) is 3.78. The van der Waals surface area contributed by atoms with Gasteiger partial charge >= 0.3 is 0 Å². The van der Waals surface area contributed by atoms with Crippen molar-refractivity contribution < 1.29 is 19.1 Å². The van der Waals surface area contributed by atoms with Crippen molar-refractivity contribution in [3.05, 3.63) is 53.6 Å². The van der Waals surface area contributed by atoms with Crippen molar-refractivity contribution in [1.82, 2.24) is 0 Å². The van der Waals surface area contributed by atoms with E-state index in [-0.39, 0.29) is 5.91 Å². The minimum atomic E-state index is -0.521. The number of nitrogens with zero attached hydrogens (tertiary/aromatic N) is 1. The molecule has 2 aromatic rings. The highest BCUT2D eigenvalue weighted by Gasteiger charge is 2.31. The molecule has 0 saturated heterocycles. The molecule has 0 fully saturated rings. The van der Waals surface area contributed by atoms with Crippen molar-refractivity contribution in [3.8, 4) is 11.5 Å². The Labute approximate surface area is 153 Å². The van der Waals surface area contributed by atoms with E-state index in [9.17, 15) is 9.59 Å². The van der Waals surface area contributed by atoms with Gasteiger partial charge in [-0.25, -0.2) is 0 Å². The Bertz CT molecular complexity index is 802. The molecular formula is C21H23NO4. The molecule has 1 aliphatic heterocycles. The molecule has 1 atom stereocenters. The molecule has 0 bridgehead atoms. The smallest absolute Gasteiger partial charge is 0.267 e. The number of hydrogen-bond donors (Lipinski definition) is 0. The van der Waals surface area contributed by atoms with Gasteiger partial charge in [-0.3, -0.25) is 9.59 Å². The molecule has 0 saturated carbocycles. The highest BCUT2D eigenvalue weighted by atomic mass is 16.5. The maximum absolute atomic E-state index is 12.5. The Morgan fingerprint density at radius 1 is 1.19 bits per heavy atom. The van der Waals surface area contributed by atoms with Crippen molar-refractivity contribution in [3.63, 3.8) is 0 Å². The number of fused-ring (bicyclic) bond motifs is 1. The Morgan fingerprint density at radius 2 is 2.00 bits per heavy atom. The first kappa shape index (κ1) is 18.0. The lowest BCUT2D eigenvalue weighted by molar-refractivity contribution is -0.125. The van der Waals surface area contributed by atoms with Crippen LogP contribution in [0.25, 0.3) is 0 Å². The fraction of sp³-hybridized carbons (Fsp3) is 0.333. The summed E-state index contributed by atoms with van der Waals surface area (Å²) in [6, 6.07) is 13.1. The van der Waals surface area contributed by atoms with Crippen LogP contribution in [0.4, 0.5) is 5.69 Å². The summed E-state index contributed by atoms with van der Waals surface area (Å²) in [5, 5.41) is 0. The molecule has 3 rings (SSSR count). The Hall–Kier alpha value is -2.82. The van der Waals surface area contributed by atoms with Crippen LogP contribution in [-0.2, 0) is 4.79 Å². The van der Waals surface area contributed by atoms with Crippen LogP contribution in [0.5, 0.6) is 11.5 Å². The normalized spacial score (nSPS) is 16.0. The maximum atomic E-state index is 12.5. The second-order valence-corrected chi connectivity index (χ2v) is 6.42. The number of rotatable bonds is 7. The van der Waals surface area contributed by atoms with Gasteiger partial charge in [0.2, 0.25) is 0 Å². The monoisotopic (exact) mass is 353 g/mol. The fourth-order valence-electron chi connectivity index (χ4n) is 3.00. The summed E-state index contributed by atoms with van der Waals surface area (Å²) in [4.78, 5) is 25.3. The van der Waals surface area contributed by atoms with Crippen LogP contribution in [-0.4, -0.2) is 31.4 Å². The van der Waals surface area contributed by atoms with E-state index in [1.807, 2.05) is 31.2 Å². The lowest BCUT2D eigenvalue weighted by atomic mass is 10.1. The number of anilines is 1. The zero-order valence-electron chi connectivity index (χ0n) is 15.1. The first-order valence-electron chi connectivity index (χ1n) is 8.86. The third-order valence-corrected chi connectivity index (χ3v) is 4.45. The summed E-state index contributed by atoms with van der Waals surface area (Å²) in [5.41, 5.74) is 2.31. The van der Waals surface area contributed by atoms with Crippen molar-refractivity contribution in [2.24, 2.45) is 0 Å². The lowest BCUT2D eigenvalue weighted by Gasteiger charge is -2.33. The molecule has 1 aliphatic rings. The number of carbonyl (C=O) groups is 2. The molecule has 1 unspecified atom stereocenters. The number of unbranched alkanes of at least 4 members (excludes halogenated alkanes) is 1. The number of amides is 1. The van der Waals surface area contributed by atoms with Crippen molar-refractivity contribution in [1.29, 1.82) is 0 Å². The zero-order chi connectivity index (χ0) is 18.5. The fourth-order valence-corrected chi connectivity index (χ4v) is 3.00. The summed E-state index contributed by atoms with van der Waals surface area (Å²) in [6.07, 6.45) is 1.88. The SMILES string of the molecule is Cc1ccccc1OCCCCN1C(=O)C(C)Oc2ccc(C=O)cc21. The van der Waals surface area contributed by atoms with E-state index in [0.29, 0.717) is 30.2 Å². The summed E-state index contributed by atoms with van der Waals surface area (Å²) in [7, 11) is 0. The molecule has 0 aromatic heterocycles. The average Bonchev–Trinajstić information content (AvgIpc) is 2.65. The van der Waals surface area contributed by atoms with Gasteiger partial charge in [-0.05, 0) is 56.5 Å². The average molecular weight is 353 g/mol. The number of hydrogen-bond acceptors (Lipinski definition) is 4. The van der Waals surface area contributed by atoms with Crippen LogP contribution in [0, 0.1) is 6.92 Å². The molecule has 5 nitrogen and oxygen atoms in total. The van der Waals surface area contributed by atoms with Gasteiger partial charge in [0.25, 0.3) is 5.91 Å². The van der Waals surface area contributed by atoms with Gasteiger partial charge in [-0.15, -0.1) is 0 Å². The molecule has 136 valence electrons. The third kappa shape index (κ3) is 3.87. The van der Waals surface area contributed by atoms with E-state index >= 15 is 0 Å². The zero-order valence-corrected chi connectivity index (χ0v) is 15.1. The van der Waals surface area contributed by atoms with Gasteiger partial charge in [0.15, 0.2) is 6.10 Å². The number of aldehydes is 1. The molecule has 0 spiro atoms. The van der Waals surface area contributed by atoms with E-state index in [2.05, 4.69) is 0 Å². The standard InChI is InChI=1S/C21H23NO4/c1-15-7-3-4-8-19(15)25-12-6-5-11-22-18-13-17(14-23)9-10-20(18)26-16(2)21(22)24/h3-4,7-10,13-14,16H,5-6,11-12H2,1-2H3. The van der Waals surface area contributed by atoms with Crippen LogP contribution >= 0.6 is 0 Å². The molecule has 0 radical (unpaired) electrons. The van der Waals surface area contributed by atoms with Gasteiger partial charge in [0, 0.05) is 12.1 Å². The lowest BCUT2D eigenvalue weighted by Crippen LogP contribution is -2.45. The van der Waals surface area contributed by atoms with E-state index < -0.39 is 6.10 Å². The quantitative estimate of drug-likeness (QED) is 0.561. The topological polar surface area (TPSA) is 55.8 Å². The van der Waals surface area contributed by atoms with E-state index in [4.69, 9.17) is 9.47 Å². The van der Waals surface area contributed by atoms with Crippen molar-refractivity contribution in [2.45, 2.75) is 32.8 Å². The van der Waals surface area contributed by atoms with Gasteiger partial charge in [-0.2, -0.15) is 0 Å². The molecule has 0 N–H and O–H groups in total. The molecule has 26 heavy (non-hydrogen) atoms. The molecule has 1 heterocycles. The highest BCUT2D eigenvalue weighted by molar-refractivity contribution is 6.00. The molecule has 5 heteroatoms. The van der Waals surface area contributed by atoms with Crippen LogP contribution in [0.15, 0.2) is 42.5 Å². The van der Waals surface area contributed by atoms with Crippen LogP contribution in [0.1, 0.15) is 35.7 Å². The van der Waals surface area contributed by atoms with Crippen molar-refractivity contribution >= 4 is 17.9 Å². The minimum absolute atomic E-state index is 0.0830. The molecule has 2 aromatic carbocycles. The second-order valence-electron chi connectivity index (χ2n) is 6.42. The number of para-hydroxylation sites is 1. The summed E-state index contributed by atoms with van der Waals surface area (Å²) >= 11 is 0.